The summed E-state index contributed by atoms with van der Waals surface area (Å²) in [6, 6.07) is 14.1. The minimum absolute atomic E-state index is 0.241. The molecule has 2 aromatic carbocycles. The van der Waals surface area contributed by atoms with Gasteiger partial charge < -0.3 is 24.6 Å². The number of nitrogens with zero attached hydrogens (tertiary/aromatic N) is 8. The number of hydrogen-bond donors (Lipinski definition) is 2. The van der Waals surface area contributed by atoms with Gasteiger partial charge in [-0.15, -0.1) is 0 Å². The van der Waals surface area contributed by atoms with Crippen molar-refractivity contribution in [1.29, 1.82) is 0 Å². The molecular formula is C25H24N8O3. The zero-order chi connectivity index (χ0) is 24.8. The third-order valence-electron chi connectivity index (χ3n) is 6.57. The average molecular weight is 485 g/mol. The maximum Gasteiger partial charge on any atom is 0.326 e. The first-order chi connectivity index (χ1) is 17.5. The van der Waals surface area contributed by atoms with Gasteiger partial charge in [0.15, 0.2) is 17.0 Å². The predicted molar refractivity (Wildman–Crippen MR) is 135 cm³/mol. The number of carbonyl (C=O) groups is 1. The molecule has 0 saturated carbocycles. The maximum atomic E-state index is 11.8. The Labute approximate surface area is 205 Å². The molecule has 1 atom stereocenters. The molecule has 0 radical (unpaired) electrons. The lowest BCUT2D eigenvalue weighted by atomic mass is 10.2. The van der Waals surface area contributed by atoms with Gasteiger partial charge in [0.1, 0.15) is 11.8 Å². The number of piperazine rings is 1. The van der Waals surface area contributed by atoms with E-state index in [1.54, 1.807) is 28.3 Å². The molecule has 0 amide bonds. The van der Waals surface area contributed by atoms with Crippen LogP contribution < -0.4 is 9.80 Å². The number of aromatic hydroxyl groups is 1. The number of phenolic OH excluding ortho intramolecular Hbond substituents is 1. The quantitative estimate of drug-likeness (QED) is 0.387. The van der Waals surface area contributed by atoms with Gasteiger partial charge in [0.2, 0.25) is 5.95 Å². The van der Waals surface area contributed by atoms with Crippen molar-refractivity contribution < 1.29 is 15.0 Å². The highest BCUT2D eigenvalue weighted by Gasteiger charge is 2.25. The molecule has 1 unspecified atom stereocenters. The van der Waals surface area contributed by atoms with Crippen molar-refractivity contribution in [3.8, 4) is 11.6 Å². The fourth-order valence-electron chi connectivity index (χ4n) is 4.50. The van der Waals surface area contributed by atoms with Gasteiger partial charge in [-0.25, -0.2) is 14.5 Å². The summed E-state index contributed by atoms with van der Waals surface area (Å²) >= 11 is 0. The van der Waals surface area contributed by atoms with Crippen LogP contribution in [0.3, 0.4) is 0 Å². The normalized spacial score (nSPS) is 15.0. The van der Waals surface area contributed by atoms with Crippen molar-refractivity contribution in [1.82, 2.24) is 29.3 Å². The summed E-state index contributed by atoms with van der Waals surface area (Å²) in [5.74, 6) is 0.277. The molecule has 1 saturated heterocycles. The monoisotopic (exact) mass is 484 g/mol. The minimum Gasteiger partial charge on any atom is -0.508 e. The Morgan fingerprint density at radius 2 is 1.69 bits per heavy atom. The second-order valence-electron chi connectivity index (χ2n) is 8.81. The van der Waals surface area contributed by atoms with Crippen molar-refractivity contribution in [2.45, 2.75) is 13.0 Å². The van der Waals surface area contributed by atoms with E-state index >= 15 is 0 Å². The minimum atomic E-state index is -0.969. The van der Waals surface area contributed by atoms with Crippen LogP contribution in [0.5, 0.6) is 5.75 Å². The number of hydrogen-bond acceptors (Lipinski definition) is 8. The second kappa shape index (κ2) is 8.52. The number of anilines is 2. The molecule has 0 bridgehead atoms. The van der Waals surface area contributed by atoms with Crippen LogP contribution in [-0.4, -0.2) is 71.7 Å². The SMILES string of the molecule is CC(C(=O)O)n1cnc2c(-n3cc4ccccc4n3)nc(N3CCN(c4ccc(O)cc4)CC3)nc21. The molecule has 36 heavy (non-hydrogen) atoms. The maximum absolute atomic E-state index is 11.8. The second-order valence-corrected chi connectivity index (χ2v) is 8.81. The molecule has 6 rings (SSSR count). The summed E-state index contributed by atoms with van der Waals surface area (Å²) in [5, 5.41) is 24.9. The smallest absolute Gasteiger partial charge is 0.326 e. The third kappa shape index (κ3) is 3.74. The van der Waals surface area contributed by atoms with E-state index < -0.39 is 12.0 Å². The number of imidazole rings is 1. The van der Waals surface area contributed by atoms with Crippen LogP contribution in [0.4, 0.5) is 11.6 Å². The Morgan fingerprint density at radius 1 is 0.972 bits per heavy atom. The van der Waals surface area contributed by atoms with Crippen molar-refractivity contribution in [3.05, 3.63) is 61.1 Å². The van der Waals surface area contributed by atoms with Crippen molar-refractivity contribution in [2.24, 2.45) is 0 Å². The van der Waals surface area contributed by atoms with E-state index in [2.05, 4.69) is 19.9 Å². The molecular weight excluding hydrogens is 460 g/mol. The zero-order valence-electron chi connectivity index (χ0n) is 19.6. The number of carboxylic acid groups (broad SMARTS) is 1. The van der Waals surface area contributed by atoms with Crippen LogP contribution in [-0.2, 0) is 4.79 Å². The molecule has 1 fully saturated rings. The van der Waals surface area contributed by atoms with Crippen LogP contribution in [0.15, 0.2) is 61.1 Å². The highest BCUT2D eigenvalue weighted by atomic mass is 16.4. The van der Waals surface area contributed by atoms with Gasteiger partial charge in [-0.2, -0.15) is 15.1 Å². The zero-order valence-corrected chi connectivity index (χ0v) is 19.6. The van der Waals surface area contributed by atoms with Gasteiger partial charge in [-0.3, -0.25) is 0 Å². The van der Waals surface area contributed by atoms with E-state index in [9.17, 15) is 15.0 Å². The summed E-state index contributed by atoms with van der Waals surface area (Å²) in [4.78, 5) is 30.2. The average Bonchev–Trinajstić information content (AvgIpc) is 3.52. The van der Waals surface area contributed by atoms with Gasteiger partial charge in [-0.05, 0) is 37.3 Å². The molecule has 5 aromatic rings. The number of fused-ring (bicyclic) bond motifs is 2. The number of aliphatic carboxylic acids is 1. The van der Waals surface area contributed by atoms with Gasteiger partial charge in [-0.1, -0.05) is 18.2 Å². The highest BCUT2D eigenvalue weighted by Crippen LogP contribution is 2.27. The molecule has 0 spiro atoms. The van der Waals surface area contributed by atoms with E-state index in [1.807, 2.05) is 42.6 Å². The number of aromatic nitrogens is 6. The Kier molecular flexibility index (Phi) is 5.17. The van der Waals surface area contributed by atoms with E-state index in [4.69, 9.17) is 9.97 Å². The summed E-state index contributed by atoms with van der Waals surface area (Å²) in [6.45, 7) is 4.45. The number of carboxylic acids is 1. The highest BCUT2D eigenvalue weighted by molar-refractivity contribution is 5.84. The van der Waals surface area contributed by atoms with E-state index in [0.717, 1.165) is 29.7 Å². The summed E-state index contributed by atoms with van der Waals surface area (Å²) in [7, 11) is 0. The molecule has 1 aliphatic rings. The molecule has 1 aliphatic heterocycles. The van der Waals surface area contributed by atoms with Crippen molar-refractivity contribution in [2.75, 3.05) is 36.0 Å². The van der Waals surface area contributed by atoms with Gasteiger partial charge in [0.25, 0.3) is 0 Å². The topological polar surface area (TPSA) is 125 Å². The van der Waals surface area contributed by atoms with E-state index in [0.29, 0.717) is 36.0 Å². The van der Waals surface area contributed by atoms with Gasteiger partial charge in [0, 0.05) is 43.4 Å². The van der Waals surface area contributed by atoms with Crippen LogP contribution >= 0.6 is 0 Å². The Bertz CT molecular complexity index is 1530. The summed E-state index contributed by atoms with van der Waals surface area (Å²) in [6.07, 6.45) is 3.39. The van der Waals surface area contributed by atoms with Gasteiger partial charge >= 0.3 is 5.97 Å². The molecule has 2 N–H and O–H groups in total. The first-order valence-corrected chi connectivity index (χ1v) is 11.7. The van der Waals surface area contributed by atoms with Crippen LogP contribution in [0.25, 0.3) is 27.9 Å². The van der Waals surface area contributed by atoms with Gasteiger partial charge in [0.05, 0.1) is 11.8 Å². The van der Waals surface area contributed by atoms with Crippen LogP contribution in [0.1, 0.15) is 13.0 Å². The van der Waals surface area contributed by atoms with Crippen molar-refractivity contribution >= 4 is 39.7 Å². The lowest BCUT2D eigenvalue weighted by molar-refractivity contribution is -0.140. The molecule has 182 valence electrons. The standard InChI is InChI=1S/C25H24N8O3/c1-16(24(35)36)32-15-26-21-22(32)27-25(28-23(21)33-14-17-4-2-3-5-20(17)29-33)31-12-10-30(11-13-31)18-6-8-19(34)9-7-18/h2-9,14-16,34H,10-13H2,1H3,(H,35,36). The van der Waals surface area contributed by atoms with Crippen LogP contribution in [0.2, 0.25) is 0 Å². The predicted octanol–water partition coefficient (Wildman–Crippen LogP) is 2.84. The third-order valence-corrected chi connectivity index (χ3v) is 6.57. The summed E-state index contributed by atoms with van der Waals surface area (Å²) in [5.41, 5.74) is 2.81. The first kappa shape index (κ1) is 21.8. The molecule has 4 heterocycles. The first-order valence-electron chi connectivity index (χ1n) is 11.7. The van der Waals surface area contributed by atoms with Crippen molar-refractivity contribution in [3.63, 3.8) is 0 Å². The molecule has 11 heteroatoms. The Balaban J connectivity index is 1.40. The number of phenols is 1. The Hall–Kier alpha value is -4.67. The number of rotatable bonds is 5. The summed E-state index contributed by atoms with van der Waals surface area (Å²) < 4.78 is 3.25. The van der Waals surface area contributed by atoms with Crippen LogP contribution in [0, 0.1) is 0 Å². The number of benzene rings is 2. The lowest BCUT2D eigenvalue weighted by Gasteiger charge is -2.36. The van der Waals surface area contributed by atoms with E-state index in [-0.39, 0.29) is 5.75 Å². The van der Waals surface area contributed by atoms with E-state index in [1.165, 1.54) is 6.33 Å². The largest absolute Gasteiger partial charge is 0.508 e. The molecule has 11 nitrogen and oxygen atoms in total. The lowest BCUT2D eigenvalue weighted by Crippen LogP contribution is -2.47. The molecule has 3 aromatic heterocycles. The fraction of sp³-hybridized carbons (Fsp3) is 0.240. The Morgan fingerprint density at radius 3 is 2.42 bits per heavy atom. The fourth-order valence-corrected chi connectivity index (χ4v) is 4.50. The molecule has 0 aliphatic carbocycles.